The van der Waals surface area contributed by atoms with Crippen LogP contribution in [0, 0.1) is 34.5 Å². The molecular formula is C23H35NO3. The van der Waals surface area contributed by atoms with Crippen LogP contribution in [-0.4, -0.2) is 46.8 Å². The maximum Gasteiger partial charge on any atom is 0.193 e. The lowest BCUT2D eigenvalue weighted by Gasteiger charge is -2.59. The van der Waals surface area contributed by atoms with E-state index in [2.05, 4.69) is 18.7 Å². The van der Waals surface area contributed by atoms with Crippen LogP contribution in [0.2, 0.25) is 0 Å². The summed E-state index contributed by atoms with van der Waals surface area (Å²) in [6, 6.07) is 0.204. The fraction of sp³-hybridized carbons (Fsp3) is 0.957. The molecule has 4 heteroatoms. The zero-order chi connectivity index (χ0) is 18.6. The van der Waals surface area contributed by atoms with Crippen molar-refractivity contribution in [1.29, 1.82) is 0 Å². The summed E-state index contributed by atoms with van der Waals surface area (Å²) in [4.78, 5) is 16.0. The molecule has 0 bridgehead atoms. The van der Waals surface area contributed by atoms with Crippen LogP contribution in [0.1, 0.15) is 71.6 Å². The van der Waals surface area contributed by atoms with E-state index in [4.69, 9.17) is 4.74 Å². The Hall–Kier alpha value is -0.450. The fourth-order valence-corrected chi connectivity index (χ4v) is 8.69. The number of nitrogens with zero attached hydrogens (tertiary/aromatic N) is 1. The van der Waals surface area contributed by atoms with Gasteiger partial charge in [0.25, 0.3) is 0 Å². The first-order chi connectivity index (χ1) is 12.9. The number of rotatable bonds is 1. The van der Waals surface area contributed by atoms with Crippen molar-refractivity contribution < 1.29 is 14.6 Å². The molecule has 4 saturated carbocycles. The third-order valence-electron chi connectivity index (χ3n) is 10.3. The molecule has 0 unspecified atom stereocenters. The van der Waals surface area contributed by atoms with Crippen molar-refractivity contribution >= 4 is 5.78 Å². The largest absolute Gasteiger partial charge is 0.363 e. The number of hydrogen-bond donors (Lipinski definition) is 1. The minimum Gasteiger partial charge on any atom is -0.363 e. The first-order valence-electron chi connectivity index (χ1n) is 11.5. The lowest BCUT2D eigenvalue weighted by atomic mass is 9.45. The Kier molecular flexibility index (Phi) is 3.46. The number of Topliss-reactive ketones (excluding diaryl/α,β-unsaturated/α-hetero) is 1. The summed E-state index contributed by atoms with van der Waals surface area (Å²) >= 11 is 0. The molecule has 0 aromatic carbocycles. The molecule has 0 radical (unpaired) electrons. The summed E-state index contributed by atoms with van der Waals surface area (Å²) < 4.78 is 5.71. The van der Waals surface area contributed by atoms with E-state index in [1.807, 2.05) is 0 Å². The summed E-state index contributed by atoms with van der Waals surface area (Å²) in [7, 11) is 0. The number of ketones is 1. The van der Waals surface area contributed by atoms with Gasteiger partial charge in [-0.15, -0.1) is 0 Å². The third-order valence-corrected chi connectivity index (χ3v) is 10.3. The van der Waals surface area contributed by atoms with Gasteiger partial charge in [0.15, 0.2) is 11.6 Å². The molecule has 2 saturated heterocycles. The van der Waals surface area contributed by atoms with E-state index < -0.39 is 5.79 Å². The second-order valence-electron chi connectivity index (χ2n) is 11.3. The van der Waals surface area contributed by atoms with Crippen molar-refractivity contribution in [1.82, 2.24) is 4.90 Å². The number of fused-ring (bicyclic) bond motifs is 6. The molecular weight excluding hydrogens is 338 g/mol. The Bertz CT molecular complexity index is 675. The lowest BCUT2D eigenvalue weighted by molar-refractivity contribution is -0.143. The molecule has 150 valence electrons. The average Bonchev–Trinajstić information content (AvgIpc) is 2.98. The van der Waals surface area contributed by atoms with E-state index in [0.29, 0.717) is 34.9 Å². The van der Waals surface area contributed by atoms with Gasteiger partial charge in [-0.1, -0.05) is 13.8 Å². The average molecular weight is 374 g/mol. The molecule has 0 aromatic heterocycles. The van der Waals surface area contributed by atoms with Gasteiger partial charge >= 0.3 is 0 Å². The van der Waals surface area contributed by atoms with Crippen LogP contribution in [0.25, 0.3) is 0 Å². The molecule has 0 amide bonds. The monoisotopic (exact) mass is 373 g/mol. The third kappa shape index (κ3) is 2.18. The second-order valence-corrected chi connectivity index (χ2v) is 11.3. The van der Waals surface area contributed by atoms with Crippen molar-refractivity contribution in [3.05, 3.63) is 0 Å². The molecule has 9 atom stereocenters. The molecule has 1 N–H and O–H groups in total. The zero-order valence-electron chi connectivity index (χ0n) is 17.0. The topological polar surface area (TPSA) is 53.1 Å². The summed E-state index contributed by atoms with van der Waals surface area (Å²) in [5, 5.41) is 10.5. The van der Waals surface area contributed by atoms with Crippen LogP contribution >= 0.6 is 0 Å². The number of aliphatic hydroxyl groups is 1. The lowest BCUT2D eigenvalue weighted by Crippen LogP contribution is -2.54. The van der Waals surface area contributed by atoms with Crippen molar-refractivity contribution in [2.45, 2.75) is 89.6 Å². The van der Waals surface area contributed by atoms with Crippen LogP contribution in [0.3, 0.4) is 0 Å². The number of ether oxygens (including phenoxy) is 1. The number of likely N-dealkylation sites (tertiary alicyclic amines) is 1. The van der Waals surface area contributed by atoms with E-state index in [1.54, 1.807) is 0 Å². The highest BCUT2D eigenvalue weighted by Crippen LogP contribution is 2.68. The molecule has 6 aliphatic rings. The SMILES string of the molecule is C[C@]12C[C@H]3O[C@@]3(O)C[C@@H]1CC[C@@H]1[C@@H]2CC[C@]2(C)C(=O)[C@H](N3CCCC3)C[C@@H]12. The van der Waals surface area contributed by atoms with E-state index >= 15 is 0 Å². The zero-order valence-corrected chi connectivity index (χ0v) is 17.0. The number of carbonyl (C=O) groups is 1. The highest BCUT2D eigenvalue weighted by molar-refractivity contribution is 5.92. The van der Waals surface area contributed by atoms with Crippen LogP contribution in [-0.2, 0) is 9.53 Å². The fourth-order valence-electron chi connectivity index (χ4n) is 8.69. The molecule has 2 aliphatic heterocycles. The Morgan fingerprint density at radius 1 is 1.07 bits per heavy atom. The summed E-state index contributed by atoms with van der Waals surface area (Å²) in [6.07, 6.45) is 10.3. The van der Waals surface area contributed by atoms with Crippen molar-refractivity contribution in [2.24, 2.45) is 34.5 Å². The van der Waals surface area contributed by atoms with Gasteiger partial charge in [-0.25, -0.2) is 0 Å². The van der Waals surface area contributed by atoms with E-state index in [1.165, 1.54) is 32.1 Å². The maximum absolute atomic E-state index is 13.5. The van der Waals surface area contributed by atoms with Crippen LogP contribution < -0.4 is 0 Å². The summed E-state index contributed by atoms with van der Waals surface area (Å²) in [6.45, 7) is 7.06. The van der Waals surface area contributed by atoms with E-state index in [0.717, 1.165) is 38.8 Å². The van der Waals surface area contributed by atoms with Gasteiger partial charge in [0.1, 0.15) is 6.10 Å². The number of carbonyl (C=O) groups excluding carboxylic acids is 1. The highest BCUT2D eigenvalue weighted by atomic mass is 16.7. The molecule has 2 heterocycles. The first-order valence-corrected chi connectivity index (χ1v) is 11.5. The van der Waals surface area contributed by atoms with Crippen LogP contribution in [0.5, 0.6) is 0 Å². The van der Waals surface area contributed by atoms with Gasteiger partial charge in [0, 0.05) is 11.8 Å². The minimum absolute atomic E-state index is 0.0772. The number of epoxide rings is 1. The quantitative estimate of drug-likeness (QED) is 0.716. The molecule has 6 fully saturated rings. The molecule has 0 aromatic rings. The van der Waals surface area contributed by atoms with Gasteiger partial charge in [0.05, 0.1) is 6.04 Å². The molecule has 0 spiro atoms. The van der Waals surface area contributed by atoms with Crippen molar-refractivity contribution in [3.63, 3.8) is 0 Å². The highest BCUT2D eigenvalue weighted by Gasteiger charge is 2.69. The first kappa shape index (κ1) is 17.4. The van der Waals surface area contributed by atoms with Crippen LogP contribution in [0.4, 0.5) is 0 Å². The van der Waals surface area contributed by atoms with Crippen LogP contribution in [0.15, 0.2) is 0 Å². The van der Waals surface area contributed by atoms with Gasteiger partial charge < -0.3 is 9.84 Å². The Morgan fingerprint density at radius 3 is 2.63 bits per heavy atom. The standard InChI is InChI=1S/C23H35NO3/c1-21-8-7-16-15(17(21)11-18(20(21)25)24-9-3-4-10-24)6-5-14-12-23(26)19(27-23)13-22(14,16)2/h14-19,26H,3-13H2,1-2H3/t14-,15+,16-,17-,18+,19+,21-,22-,23-/m0/s1. The molecule has 4 nitrogen and oxygen atoms in total. The predicted octanol–water partition coefficient (Wildman–Crippen LogP) is 3.37. The molecule has 4 aliphatic carbocycles. The van der Waals surface area contributed by atoms with Gasteiger partial charge in [-0.3, -0.25) is 9.69 Å². The minimum atomic E-state index is -0.787. The van der Waals surface area contributed by atoms with Crippen molar-refractivity contribution in [3.8, 4) is 0 Å². The molecule has 6 rings (SSSR count). The van der Waals surface area contributed by atoms with Gasteiger partial charge in [-0.2, -0.15) is 0 Å². The Labute approximate surface area is 163 Å². The van der Waals surface area contributed by atoms with E-state index in [-0.39, 0.29) is 17.6 Å². The predicted molar refractivity (Wildman–Crippen MR) is 102 cm³/mol. The second kappa shape index (κ2) is 5.37. The summed E-state index contributed by atoms with van der Waals surface area (Å²) in [5.41, 5.74) is 0.218. The Balaban J connectivity index is 1.29. The maximum atomic E-state index is 13.5. The molecule has 27 heavy (non-hydrogen) atoms. The van der Waals surface area contributed by atoms with Gasteiger partial charge in [-0.05, 0) is 93.5 Å². The Morgan fingerprint density at radius 2 is 1.85 bits per heavy atom. The van der Waals surface area contributed by atoms with E-state index in [9.17, 15) is 9.90 Å². The van der Waals surface area contributed by atoms with Gasteiger partial charge in [0.2, 0.25) is 0 Å². The summed E-state index contributed by atoms with van der Waals surface area (Å²) in [5.74, 6) is 2.37. The normalized spacial score (nSPS) is 59.7. The van der Waals surface area contributed by atoms with Crippen molar-refractivity contribution in [2.75, 3.05) is 13.1 Å². The smallest absolute Gasteiger partial charge is 0.193 e. The number of hydrogen-bond acceptors (Lipinski definition) is 4.